The highest BCUT2D eigenvalue weighted by Crippen LogP contribution is 2.24. The normalized spacial score (nSPS) is 11.2. The van der Waals surface area contributed by atoms with Gasteiger partial charge in [0.05, 0.1) is 12.3 Å². The number of fused-ring (bicyclic) bond motifs is 1. The number of hydrogen-bond donors (Lipinski definition) is 1. The number of pyridine rings is 1. The summed E-state index contributed by atoms with van der Waals surface area (Å²) >= 11 is 0. The molecular weight excluding hydrogens is 236 g/mol. The first-order valence-electron chi connectivity index (χ1n) is 6.86. The first kappa shape index (κ1) is 13.8. The first-order chi connectivity index (χ1) is 9.20. The van der Waals surface area contributed by atoms with Gasteiger partial charge in [-0.25, -0.2) is 4.98 Å². The second-order valence-corrected chi connectivity index (χ2v) is 5.20. The van der Waals surface area contributed by atoms with Gasteiger partial charge in [0.15, 0.2) is 0 Å². The molecule has 2 aromatic rings. The van der Waals surface area contributed by atoms with E-state index in [2.05, 4.69) is 42.3 Å². The van der Waals surface area contributed by atoms with Gasteiger partial charge in [-0.05, 0) is 36.9 Å². The number of hydrogen-bond acceptors (Lipinski definition) is 3. The number of rotatable bonds is 6. The summed E-state index contributed by atoms with van der Waals surface area (Å²) in [6.07, 6.45) is 1.05. The van der Waals surface area contributed by atoms with Gasteiger partial charge in [0.25, 0.3) is 0 Å². The monoisotopic (exact) mass is 258 g/mol. The maximum atomic E-state index is 5.88. The Labute approximate surface area is 115 Å². The molecule has 0 bridgehead atoms. The van der Waals surface area contributed by atoms with Crippen LogP contribution < -0.4 is 10.1 Å². The van der Waals surface area contributed by atoms with Crippen LogP contribution in [0.2, 0.25) is 0 Å². The maximum Gasteiger partial charge on any atom is 0.221 e. The van der Waals surface area contributed by atoms with Crippen molar-refractivity contribution in [1.29, 1.82) is 0 Å². The summed E-state index contributed by atoms with van der Waals surface area (Å²) in [4.78, 5) is 4.60. The van der Waals surface area contributed by atoms with Crippen LogP contribution >= 0.6 is 0 Å². The zero-order valence-electron chi connectivity index (χ0n) is 11.9. The van der Waals surface area contributed by atoms with E-state index in [0.29, 0.717) is 5.92 Å². The molecular formula is C16H22N2O. The van der Waals surface area contributed by atoms with Gasteiger partial charge in [0.1, 0.15) is 0 Å². The molecule has 3 nitrogen and oxygen atoms in total. The molecule has 0 saturated heterocycles. The minimum Gasteiger partial charge on any atom is -0.477 e. The number of benzene rings is 1. The summed E-state index contributed by atoms with van der Waals surface area (Å²) < 4.78 is 5.88. The van der Waals surface area contributed by atoms with Crippen LogP contribution in [-0.4, -0.2) is 18.6 Å². The quantitative estimate of drug-likeness (QED) is 0.862. The molecule has 0 aliphatic heterocycles. The van der Waals surface area contributed by atoms with Crippen molar-refractivity contribution in [3.05, 3.63) is 36.0 Å². The van der Waals surface area contributed by atoms with Gasteiger partial charge < -0.3 is 10.1 Å². The van der Waals surface area contributed by atoms with Gasteiger partial charge in [-0.1, -0.05) is 32.0 Å². The molecule has 0 saturated carbocycles. The smallest absolute Gasteiger partial charge is 0.221 e. The molecule has 0 radical (unpaired) electrons. The summed E-state index contributed by atoms with van der Waals surface area (Å²) in [5.74, 6) is 1.40. The molecule has 0 fully saturated rings. The van der Waals surface area contributed by atoms with Crippen molar-refractivity contribution < 1.29 is 4.74 Å². The van der Waals surface area contributed by atoms with E-state index >= 15 is 0 Å². The fourth-order valence-electron chi connectivity index (χ4n) is 1.99. The van der Waals surface area contributed by atoms with Crippen LogP contribution in [0, 0.1) is 5.92 Å². The van der Waals surface area contributed by atoms with Crippen molar-refractivity contribution in [2.75, 3.05) is 13.7 Å². The van der Waals surface area contributed by atoms with Crippen LogP contribution in [0.3, 0.4) is 0 Å². The van der Waals surface area contributed by atoms with Gasteiger partial charge in [-0.15, -0.1) is 0 Å². The zero-order valence-corrected chi connectivity index (χ0v) is 11.9. The van der Waals surface area contributed by atoms with Crippen molar-refractivity contribution in [3.63, 3.8) is 0 Å². The van der Waals surface area contributed by atoms with Crippen molar-refractivity contribution in [1.82, 2.24) is 10.3 Å². The molecule has 0 atom stereocenters. The third-order valence-electron chi connectivity index (χ3n) is 3.05. The van der Waals surface area contributed by atoms with Crippen LogP contribution in [0.4, 0.5) is 0 Å². The Bertz CT molecular complexity index is 537. The summed E-state index contributed by atoms with van der Waals surface area (Å²) in [5.41, 5.74) is 1.01. The second-order valence-electron chi connectivity index (χ2n) is 5.20. The molecule has 2 rings (SSSR count). The minimum atomic E-state index is 0.645. The van der Waals surface area contributed by atoms with Crippen molar-refractivity contribution in [2.24, 2.45) is 5.92 Å². The number of nitrogens with one attached hydrogen (secondary N) is 1. The van der Waals surface area contributed by atoms with Crippen LogP contribution in [-0.2, 0) is 6.54 Å². The molecule has 102 valence electrons. The topological polar surface area (TPSA) is 34.1 Å². The number of ether oxygens (including phenoxy) is 1. The number of nitrogens with zero attached hydrogens (tertiary/aromatic N) is 1. The Hall–Kier alpha value is -1.61. The highest BCUT2D eigenvalue weighted by molar-refractivity contribution is 5.87. The number of aromatic nitrogens is 1. The Morgan fingerprint density at radius 3 is 2.79 bits per heavy atom. The molecule has 0 unspecified atom stereocenters. The molecule has 0 spiro atoms. The highest BCUT2D eigenvalue weighted by atomic mass is 16.5. The molecule has 19 heavy (non-hydrogen) atoms. The predicted molar refractivity (Wildman–Crippen MR) is 79.5 cm³/mol. The van der Waals surface area contributed by atoms with Gasteiger partial charge in [-0.2, -0.15) is 0 Å². The lowest BCUT2D eigenvalue weighted by molar-refractivity contribution is 0.282. The van der Waals surface area contributed by atoms with E-state index < -0.39 is 0 Å². The van der Waals surface area contributed by atoms with E-state index in [9.17, 15) is 0 Å². The summed E-state index contributed by atoms with van der Waals surface area (Å²) in [6, 6.07) is 10.4. The molecule has 3 heteroatoms. The fraction of sp³-hybridized carbons (Fsp3) is 0.438. The Morgan fingerprint density at radius 2 is 2.05 bits per heavy atom. The van der Waals surface area contributed by atoms with Crippen LogP contribution in [0.5, 0.6) is 5.88 Å². The molecule has 1 aromatic heterocycles. The van der Waals surface area contributed by atoms with E-state index in [-0.39, 0.29) is 0 Å². The molecule has 0 aliphatic carbocycles. The lowest BCUT2D eigenvalue weighted by atomic mass is 10.1. The van der Waals surface area contributed by atoms with Gasteiger partial charge in [0.2, 0.25) is 5.88 Å². The van der Waals surface area contributed by atoms with Crippen molar-refractivity contribution >= 4 is 10.8 Å². The van der Waals surface area contributed by atoms with Gasteiger partial charge >= 0.3 is 0 Å². The van der Waals surface area contributed by atoms with E-state index in [0.717, 1.165) is 36.5 Å². The molecule has 0 amide bonds. The zero-order chi connectivity index (χ0) is 13.7. The SMILES string of the molecule is CNCc1cc2ccccc2c(OCCC(C)C)n1. The maximum absolute atomic E-state index is 5.88. The highest BCUT2D eigenvalue weighted by Gasteiger charge is 2.07. The van der Waals surface area contributed by atoms with Gasteiger partial charge in [0, 0.05) is 11.9 Å². The Kier molecular flexibility index (Phi) is 4.74. The predicted octanol–water partition coefficient (Wildman–Crippen LogP) is 3.38. The lowest BCUT2D eigenvalue weighted by Gasteiger charge is -2.11. The van der Waals surface area contributed by atoms with Crippen molar-refractivity contribution in [3.8, 4) is 5.88 Å². The fourth-order valence-corrected chi connectivity index (χ4v) is 1.99. The minimum absolute atomic E-state index is 0.645. The summed E-state index contributed by atoms with van der Waals surface area (Å²) in [7, 11) is 1.93. The average Bonchev–Trinajstić information content (AvgIpc) is 2.38. The third kappa shape index (κ3) is 3.67. The van der Waals surface area contributed by atoms with Crippen molar-refractivity contribution in [2.45, 2.75) is 26.8 Å². The van der Waals surface area contributed by atoms with Gasteiger partial charge in [-0.3, -0.25) is 0 Å². The van der Waals surface area contributed by atoms with E-state index in [1.807, 2.05) is 19.2 Å². The Morgan fingerprint density at radius 1 is 1.26 bits per heavy atom. The van der Waals surface area contributed by atoms with Crippen LogP contribution in [0.25, 0.3) is 10.8 Å². The standard InChI is InChI=1S/C16H22N2O/c1-12(2)8-9-19-16-15-7-5-4-6-13(15)10-14(18-16)11-17-3/h4-7,10,12,17H,8-9,11H2,1-3H3. The molecule has 0 aliphatic rings. The Balaban J connectivity index is 2.28. The largest absolute Gasteiger partial charge is 0.477 e. The lowest BCUT2D eigenvalue weighted by Crippen LogP contribution is -2.09. The second kappa shape index (κ2) is 6.53. The molecule has 1 aromatic carbocycles. The first-order valence-corrected chi connectivity index (χ1v) is 6.86. The van der Waals surface area contributed by atoms with E-state index in [4.69, 9.17) is 4.74 Å². The third-order valence-corrected chi connectivity index (χ3v) is 3.05. The molecule has 1 N–H and O–H groups in total. The molecule has 1 heterocycles. The average molecular weight is 258 g/mol. The summed E-state index contributed by atoms with van der Waals surface area (Å²) in [6.45, 7) is 5.88. The summed E-state index contributed by atoms with van der Waals surface area (Å²) in [5, 5.41) is 5.40. The van der Waals surface area contributed by atoms with E-state index in [1.54, 1.807) is 0 Å². The van der Waals surface area contributed by atoms with E-state index in [1.165, 1.54) is 5.39 Å². The van der Waals surface area contributed by atoms with Crippen LogP contribution in [0.1, 0.15) is 26.0 Å². The van der Waals surface area contributed by atoms with Crippen LogP contribution in [0.15, 0.2) is 30.3 Å².